The van der Waals surface area contributed by atoms with Crippen molar-refractivity contribution in [2.45, 2.75) is 13.8 Å². The molecule has 0 fully saturated rings. The van der Waals surface area contributed by atoms with Gasteiger partial charge in [0.1, 0.15) is 0 Å². The average Bonchev–Trinajstić information content (AvgIpc) is 2.51. The molecule has 0 aliphatic carbocycles. The number of rotatable bonds is 2. The Hall–Kier alpha value is -1.35. The van der Waals surface area contributed by atoms with Crippen LogP contribution in [0.4, 0.5) is 0 Å². The number of aromatic amines is 1. The van der Waals surface area contributed by atoms with Crippen LogP contribution in [0.2, 0.25) is 0 Å². The van der Waals surface area contributed by atoms with Gasteiger partial charge in [-0.2, -0.15) is 5.10 Å². The predicted molar refractivity (Wildman–Crippen MR) is 55.3 cm³/mol. The largest absolute Gasteiger partial charge is 0.400 e. The van der Waals surface area contributed by atoms with Crippen molar-refractivity contribution < 1.29 is 5.11 Å². The SMILES string of the molecule is C=C(C)/C=C\c1[nH]ncc1C.CO. The van der Waals surface area contributed by atoms with E-state index in [4.69, 9.17) is 5.11 Å². The van der Waals surface area contributed by atoms with Crippen LogP contribution in [-0.2, 0) is 0 Å². The van der Waals surface area contributed by atoms with E-state index in [9.17, 15) is 0 Å². The molecule has 1 heterocycles. The van der Waals surface area contributed by atoms with E-state index < -0.39 is 0 Å². The van der Waals surface area contributed by atoms with Gasteiger partial charge >= 0.3 is 0 Å². The lowest BCUT2D eigenvalue weighted by Gasteiger charge is -1.87. The van der Waals surface area contributed by atoms with Crippen molar-refractivity contribution in [2.24, 2.45) is 0 Å². The molecule has 0 amide bonds. The Morgan fingerprint density at radius 3 is 2.62 bits per heavy atom. The normalized spacial score (nSPS) is 9.54. The molecule has 0 atom stereocenters. The Labute approximate surface area is 78.8 Å². The number of aromatic nitrogens is 2. The number of nitrogens with one attached hydrogen (secondary N) is 1. The van der Waals surface area contributed by atoms with Crippen molar-refractivity contribution in [2.75, 3.05) is 7.11 Å². The molecule has 1 rings (SSSR count). The predicted octanol–water partition coefficient (Wildman–Crippen LogP) is 1.92. The number of hydrogen-bond donors (Lipinski definition) is 2. The third-order valence-corrected chi connectivity index (χ3v) is 1.40. The number of nitrogens with zero attached hydrogens (tertiary/aromatic N) is 1. The van der Waals surface area contributed by atoms with Gasteiger partial charge in [-0.05, 0) is 25.5 Å². The van der Waals surface area contributed by atoms with Crippen LogP contribution in [-0.4, -0.2) is 22.4 Å². The maximum absolute atomic E-state index is 7.00. The van der Waals surface area contributed by atoms with E-state index >= 15 is 0 Å². The minimum Gasteiger partial charge on any atom is -0.400 e. The van der Waals surface area contributed by atoms with Crippen molar-refractivity contribution in [3.05, 3.63) is 35.7 Å². The van der Waals surface area contributed by atoms with Gasteiger partial charge in [0.25, 0.3) is 0 Å². The number of aryl methyl sites for hydroxylation is 1. The molecule has 0 saturated heterocycles. The van der Waals surface area contributed by atoms with Gasteiger partial charge in [-0.15, -0.1) is 0 Å². The molecule has 0 spiro atoms. The lowest BCUT2D eigenvalue weighted by Crippen LogP contribution is -1.74. The molecule has 13 heavy (non-hydrogen) atoms. The van der Waals surface area contributed by atoms with Crippen LogP contribution in [0.15, 0.2) is 24.4 Å². The topological polar surface area (TPSA) is 48.9 Å². The second kappa shape index (κ2) is 6.20. The average molecular weight is 180 g/mol. The summed E-state index contributed by atoms with van der Waals surface area (Å²) in [6, 6.07) is 0. The lowest BCUT2D eigenvalue weighted by atomic mass is 10.2. The summed E-state index contributed by atoms with van der Waals surface area (Å²) in [6.07, 6.45) is 5.74. The van der Waals surface area contributed by atoms with Gasteiger partial charge in [-0.25, -0.2) is 0 Å². The van der Waals surface area contributed by atoms with Gasteiger partial charge in [-0.3, -0.25) is 5.10 Å². The molecule has 2 N–H and O–H groups in total. The van der Waals surface area contributed by atoms with Crippen LogP contribution < -0.4 is 0 Å². The van der Waals surface area contributed by atoms with E-state index in [0.717, 1.165) is 23.9 Å². The first-order valence-electron chi connectivity index (χ1n) is 3.98. The summed E-state index contributed by atoms with van der Waals surface area (Å²) in [6.45, 7) is 7.74. The Morgan fingerprint density at radius 1 is 1.62 bits per heavy atom. The molecule has 72 valence electrons. The zero-order valence-electron chi connectivity index (χ0n) is 8.33. The summed E-state index contributed by atoms with van der Waals surface area (Å²) < 4.78 is 0. The Balaban J connectivity index is 0.000000671. The smallest absolute Gasteiger partial charge is 0.0607 e. The minimum absolute atomic E-state index is 1.00. The van der Waals surface area contributed by atoms with Crippen LogP contribution in [0.3, 0.4) is 0 Å². The van der Waals surface area contributed by atoms with Gasteiger partial charge in [0.2, 0.25) is 0 Å². The second-order valence-electron chi connectivity index (χ2n) is 2.65. The number of hydrogen-bond acceptors (Lipinski definition) is 2. The fraction of sp³-hybridized carbons (Fsp3) is 0.300. The molecule has 0 aliphatic rings. The first-order chi connectivity index (χ1) is 6.20. The summed E-state index contributed by atoms with van der Waals surface area (Å²) in [5.41, 5.74) is 3.24. The molecule has 3 nitrogen and oxygen atoms in total. The first-order valence-corrected chi connectivity index (χ1v) is 3.98. The first kappa shape index (κ1) is 11.6. The zero-order chi connectivity index (χ0) is 10.3. The fourth-order valence-corrected chi connectivity index (χ4v) is 0.751. The fourth-order valence-electron chi connectivity index (χ4n) is 0.751. The third kappa shape index (κ3) is 4.28. The summed E-state index contributed by atoms with van der Waals surface area (Å²) >= 11 is 0. The van der Waals surface area contributed by atoms with Gasteiger partial charge < -0.3 is 5.11 Å². The number of allylic oxidation sites excluding steroid dienone is 2. The number of aliphatic hydroxyl groups excluding tert-OH is 1. The van der Waals surface area contributed by atoms with Gasteiger partial charge in [0.05, 0.1) is 11.9 Å². The molecule has 1 aromatic heterocycles. The molecular formula is C10H16N2O. The Kier molecular flexibility index (Phi) is 5.55. The van der Waals surface area contributed by atoms with Crippen LogP contribution in [0, 0.1) is 6.92 Å². The maximum Gasteiger partial charge on any atom is 0.0607 e. The van der Waals surface area contributed by atoms with Crippen molar-refractivity contribution in [3.8, 4) is 0 Å². The number of aliphatic hydroxyl groups is 1. The summed E-state index contributed by atoms with van der Waals surface area (Å²) in [4.78, 5) is 0. The molecule has 3 heteroatoms. The van der Waals surface area contributed by atoms with E-state index in [0.29, 0.717) is 0 Å². The molecule has 0 aliphatic heterocycles. The minimum atomic E-state index is 1.00. The van der Waals surface area contributed by atoms with Gasteiger partial charge in [-0.1, -0.05) is 18.2 Å². The molecule has 1 aromatic rings. The molecule has 0 aromatic carbocycles. The second-order valence-corrected chi connectivity index (χ2v) is 2.65. The van der Waals surface area contributed by atoms with Crippen molar-refractivity contribution in [3.63, 3.8) is 0 Å². The van der Waals surface area contributed by atoms with Crippen molar-refractivity contribution in [1.82, 2.24) is 10.2 Å². The van der Waals surface area contributed by atoms with Crippen LogP contribution in [0.1, 0.15) is 18.2 Å². The molecular weight excluding hydrogens is 164 g/mol. The Morgan fingerprint density at radius 2 is 2.23 bits per heavy atom. The maximum atomic E-state index is 7.00. The summed E-state index contributed by atoms with van der Waals surface area (Å²) in [5, 5.41) is 13.8. The van der Waals surface area contributed by atoms with E-state index in [-0.39, 0.29) is 0 Å². The highest BCUT2D eigenvalue weighted by Crippen LogP contribution is 2.05. The van der Waals surface area contributed by atoms with Crippen molar-refractivity contribution in [1.29, 1.82) is 0 Å². The van der Waals surface area contributed by atoms with E-state index in [1.54, 1.807) is 6.20 Å². The Bertz CT molecular complexity index is 287. The monoisotopic (exact) mass is 180 g/mol. The molecule has 0 radical (unpaired) electrons. The molecule has 0 bridgehead atoms. The standard InChI is InChI=1S/C9H12N2.CH4O/c1-7(2)4-5-9-8(3)6-10-11-9;1-2/h4-6H,1H2,2-3H3,(H,10,11);2H,1H3/b5-4-;. The molecule has 0 unspecified atom stereocenters. The van der Waals surface area contributed by atoms with Crippen LogP contribution >= 0.6 is 0 Å². The number of H-pyrrole nitrogens is 1. The third-order valence-electron chi connectivity index (χ3n) is 1.40. The molecule has 0 saturated carbocycles. The summed E-state index contributed by atoms with van der Waals surface area (Å²) in [7, 11) is 1.00. The zero-order valence-corrected chi connectivity index (χ0v) is 8.33. The highest BCUT2D eigenvalue weighted by atomic mass is 16.2. The van der Waals surface area contributed by atoms with E-state index in [1.165, 1.54) is 0 Å². The highest BCUT2D eigenvalue weighted by Gasteiger charge is 1.92. The quantitative estimate of drug-likeness (QED) is 0.683. The van der Waals surface area contributed by atoms with Crippen LogP contribution in [0.5, 0.6) is 0 Å². The summed E-state index contributed by atoms with van der Waals surface area (Å²) in [5.74, 6) is 0. The van der Waals surface area contributed by atoms with Crippen LogP contribution in [0.25, 0.3) is 6.08 Å². The van der Waals surface area contributed by atoms with E-state index in [1.807, 2.05) is 26.0 Å². The van der Waals surface area contributed by atoms with Gasteiger partial charge in [0, 0.05) is 7.11 Å². The van der Waals surface area contributed by atoms with Crippen molar-refractivity contribution >= 4 is 6.08 Å². The lowest BCUT2D eigenvalue weighted by molar-refractivity contribution is 0.399. The highest BCUT2D eigenvalue weighted by molar-refractivity contribution is 5.51. The van der Waals surface area contributed by atoms with E-state index in [2.05, 4.69) is 16.8 Å². The van der Waals surface area contributed by atoms with Gasteiger partial charge in [0.15, 0.2) is 0 Å².